The number of carbonyl (C=O) groups is 2. The minimum atomic E-state index is -0.148. The number of fused-ring (bicyclic) bond motifs is 1. The zero-order valence-electron chi connectivity index (χ0n) is 20.0. The van der Waals surface area contributed by atoms with Gasteiger partial charge in [0, 0.05) is 49.5 Å². The third kappa shape index (κ3) is 5.52. The summed E-state index contributed by atoms with van der Waals surface area (Å²) in [6.45, 7) is 4.98. The molecule has 184 valence electrons. The second-order valence-electron chi connectivity index (χ2n) is 8.54. The number of aromatic nitrogens is 2. The predicted molar refractivity (Wildman–Crippen MR) is 142 cm³/mol. The van der Waals surface area contributed by atoms with Gasteiger partial charge in [-0.2, -0.15) is 0 Å². The van der Waals surface area contributed by atoms with Gasteiger partial charge in [-0.15, -0.1) is 10.2 Å². The summed E-state index contributed by atoms with van der Waals surface area (Å²) in [5.41, 5.74) is 2.65. The van der Waals surface area contributed by atoms with Crippen LogP contribution in [0.15, 0.2) is 76.4 Å². The van der Waals surface area contributed by atoms with E-state index in [2.05, 4.69) is 26.5 Å². The lowest BCUT2D eigenvalue weighted by Gasteiger charge is -2.36. The maximum Gasteiger partial charge on any atom is 0.277 e. The number of rotatable bonds is 7. The van der Waals surface area contributed by atoms with E-state index in [1.165, 1.54) is 11.8 Å². The molecular weight excluding hydrogens is 474 g/mol. The maximum absolute atomic E-state index is 12.5. The fourth-order valence-corrected chi connectivity index (χ4v) is 4.79. The second-order valence-corrected chi connectivity index (χ2v) is 9.47. The van der Waals surface area contributed by atoms with Crippen molar-refractivity contribution in [3.8, 4) is 11.5 Å². The van der Waals surface area contributed by atoms with Gasteiger partial charge in [-0.25, -0.2) is 0 Å². The lowest BCUT2D eigenvalue weighted by Crippen LogP contribution is -2.48. The number of carbonyl (C=O) groups excluding carboxylic acids is 2. The molecule has 1 saturated heterocycles. The average Bonchev–Trinajstić information content (AvgIpc) is 3.41. The van der Waals surface area contributed by atoms with Crippen LogP contribution in [0.5, 0.6) is 0 Å². The molecule has 36 heavy (non-hydrogen) atoms. The molecule has 2 amide bonds. The van der Waals surface area contributed by atoms with Crippen LogP contribution in [0.1, 0.15) is 13.3 Å². The average molecular weight is 502 g/mol. The van der Waals surface area contributed by atoms with Gasteiger partial charge in [0.15, 0.2) is 0 Å². The topological polar surface area (TPSA) is 91.6 Å². The molecule has 0 aliphatic carbocycles. The van der Waals surface area contributed by atoms with Crippen molar-refractivity contribution in [1.29, 1.82) is 0 Å². The van der Waals surface area contributed by atoms with E-state index in [-0.39, 0.29) is 17.6 Å². The van der Waals surface area contributed by atoms with E-state index in [4.69, 9.17) is 4.42 Å². The van der Waals surface area contributed by atoms with Crippen LogP contribution in [-0.2, 0) is 9.59 Å². The molecule has 8 nitrogen and oxygen atoms in total. The van der Waals surface area contributed by atoms with Crippen LogP contribution >= 0.6 is 11.8 Å². The van der Waals surface area contributed by atoms with Crippen LogP contribution in [0.3, 0.4) is 0 Å². The van der Waals surface area contributed by atoms with Crippen LogP contribution in [0.2, 0.25) is 0 Å². The van der Waals surface area contributed by atoms with Crippen molar-refractivity contribution in [3.63, 3.8) is 0 Å². The van der Waals surface area contributed by atoms with Crippen LogP contribution in [0, 0.1) is 0 Å². The molecule has 1 aromatic heterocycles. The molecule has 5 rings (SSSR count). The molecule has 0 atom stereocenters. The lowest BCUT2D eigenvalue weighted by molar-refractivity contribution is -0.131. The summed E-state index contributed by atoms with van der Waals surface area (Å²) < 4.78 is 5.76. The highest BCUT2D eigenvalue weighted by molar-refractivity contribution is 7.99. The summed E-state index contributed by atoms with van der Waals surface area (Å²) in [7, 11) is 0. The van der Waals surface area contributed by atoms with Gasteiger partial charge in [-0.3, -0.25) is 9.59 Å². The lowest BCUT2D eigenvalue weighted by atomic mass is 10.1. The Morgan fingerprint density at radius 2 is 1.69 bits per heavy atom. The van der Waals surface area contributed by atoms with Crippen molar-refractivity contribution in [2.24, 2.45) is 0 Å². The highest BCUT2D eigenvalue weighted by atomic mass is 32.2. The van der Waals surface area contributed by atoms with E-state index in [0.717, 1.165) is 53.9 Å². The molecule has 1 fully saturated rings. The number of hydrogen-bond donors (Lipinski definition) is 1. The zero-order valence-corrected chi connectivity index (χ0v) is 20.8. The standard InChI is InChI=1S/C27H27N5O3S/c1-2-25(34)32-15-13-31(14-16-32)23-11-9-22(10-12-23)28-24(33)18-36-27-30-29-26(35-27)21-8-7-19-5-3-4-6-20(19)17-21/h3-12,17H,2,13-16,18H2,1H3,(H,28,33). The van der Waals surface area contributed by atoms with Crippen molar-refractivity contribution in [2.45, 2.75) is 18.6 Å². The van der Waals surface area contributed by atoms with Crippen molar-refractivity contribution in [1.82, 2.24) is 15.1 Å². The number of nitrogens with zero attached hydrogens (tertiary/aromatic N) is 4. The third-order valence-corrected chi connectivity index (χ3v) is 7.00. The number of benzene rings is 3. The van der Waals surface area contributed by atoms with Crippen LogP contribution < -0.4 is 10.2 Å². The number of hydrogen-bond acceptors (Lipinski definition) is 7. The molecule has 0 saturated carbocycles. The van der Waals surface area contributed by atoms with E-state index in [0.29, 0.717) is 17.5 Å². The first-order valence-electron chi connectivity index (χ1n) is 12.0. The van der Waals surface area contributed by atoms with E-state index >= 15 is 0 Å². The van der Waals surface area contributed by atoms with Crippen LogP contribution in [0.25, 0.3) is 22.2 Å². The highest BCUT2D eigenvalue weighted by Gasteiger charge is 2.20. The fraction of sp³-hybridized carbons (Fsp3) is 0.259. The number of nitrogens with one attached hydrogen (secondary N) is 1. The van der Waals surface area contributed by atoms with E-state index < -0.39 is 0 Å². The molecule has 0 spiro atoms. The molecule has 1 N–H and O–H groups in total. The Hall–Kier alpha value is -3.85. The molecule has 9 heteroatoms. The van der Waals surface area contributed by atoms with Crippen molar-refractivity contribution < 1.29 is 14.0 Å². The molecule has 0 bridgehead atoms. The minimum absolute atomic E-state index is 0.148. The largest absolute Gasteiger partial charge is 0.411 e. The summed E-state index contributed by atoms with van der Waals surface area (Å²) in [5, 5.41) is 13.7. The van der Waals surface area contributed by atoms with Crippen molar-refractivity contribution in [2.75, 3.05) is 42.1 Å². The first-order chi connectivity index (χ1) is 17.6. The van der Waals surface area contributed by atoms with Gasteiger partial charge >= 0.3 is 0 Å². The molecule has 1 aliphatic heterocycles. The van der Waals surface area contributed by atoms with E-state index in [1.54, 1.807) is 0 Å². The van der Waals surface area contributed by atoms with E-state index in [9.17, 15) is 9.59 Å². The normalized spacial score (nSPS) is 13.7. The molecule has 1 aliphatic rings. The Kier molecular flexibility index (Phi) is 7.18. The Labute approximate surface area is 213 Å². The predicted octanol–water partition coefficient (Wildman–Crippen LogP) is 4.68. The Bertz CT molecular complexity index is 1360. The van der Waals surface area contributed by atoms with Crippen LogP contribution in [-0.4, -0.2) is 58.8 Å². The van der Waals surface area contributed by atoms with Gasteiger partial charge in [-0.1, -0.05) is 49.0 Å². The summed E-state index contributed by atoms with van der Waals surface area (Å²) in [6.07, 6.45) is 0.546. The molecular formula is C27H27N5O3S. The number of amides is 2. The first kappa shape index (κ1) is 23.9. The molecule has 0 unspecified atom stereocenters. The SMILES string of the molecule is CCC(=O)N1CCN(c2ccc(NC(=O)CSc3nnc(-c4ccc5ccccc5c4)o3)cc2)CC1. The van der Waals surface area contributed by atoms with Gasteiger partial charge in [0.25, 0.3) is 5.22 Å². The smallest absolute Gasteiger partial charge is 0.277 e. The zero-order chi connectivity index (χ0) is 24.9. The Balaban J connectivity index is 1.12. The molecule has 3 aromatic carbocycles. The minimum Gasteiger partial charge on any atom is -0.411 e. The molecule has 0 radical (unpaired) electrons. The number of anilines is 2. The second kappa shape index (κ2) is 10.8. The van der Waals surface area contributed by atoms with Crippen molar-refractivity contribution >= 4 is 45.7 Å². The summed E-state index contributed by atoms with van der Waals surface area (Å²) in [6, 6.07) is 21.8. The van der Waals surface area contributed by atoms with Crippen LogP contribution in [0.4, 0.5) is 11.4 Å². The van der Waals surface area contributed by atoms with Gasteiger partial charge in [-0.05, 0) is 47.2 Å². The third-order valence-electron chi connectivity index (χ3n) is 6.18. The van der Waals surface area contributed by atoms with E-state index in [1.807, 2.05) is 72.5 Å². The summed E-state index contributed by atoms with van der Waals surface area (Å²) >= 11 is 1.20. The Morgan fingerprint density at radius 3 is 2.44 bits per heavy atom. The van der Waals surface area contributed by atoms with Gasteiger partial charge in [0.2, 0.25) is 17.7 Å². The monoisotopic (exact) mass is 501 g/mol. The quantitative estimate of drug-likeness (QED) is 0.368. The molecule has 2 heterocycles. The maximum atomic E-state index is 12.5. The number of piperazine rings is 1. The molecule has 4 aromatic rings. The van der Waals surface area contributed by atoms with Crippen molar-refractivity contribution in [3.05, 3.63) is 66.7 Å². The highest BCUT2D eigenvalue weighted by Crippen LogP contribution is 2.26. The summed E-state index contributed by atoms with van der Waals surface area (Å²) in [4.78, 5) is 28.5. The van der Waals surface area contributed by atoms with Gasteiger partial charge in [0.05, 0.1) is 5.75 Å². The number of thioether (sulfide) groups is 1. The van der Waals surface area contributed by atoms with Gasteiger partial charge < -0.3 is 19.5 Å². The fourth-order valence-electron chi connectivity index (χ4n) is 4.22. The first-order valence-corrected chi connectivity index (χ1v) is 13.0. The Morgan fingerprint density at radius 1 is 0.944 bits per heavy atom. The van der Waals surface area contributed by atoms with Gasteiger partial charge in [0.1, 0.15) is 0 Å². The summed E-state index contributed by atoms with van der Waals surface area (Å²) in [5.74, 6) is 0.647.